The Kier molecular flexibility index (Phi) is 3.65. The molecular formula is C22H19FN4O2. The van der Waals surface area contributed by atoms with Gasteiger partial charge in [0.25, 0.3) is 0 Å². The molecule has 1 N–H and O–H groups in total. The number of benzene rings is 2. The van der Waals surface area contributed by atoms with Crippen LogP contribution in [-0.4, -0.2) is 28.1 Å². The van der Waals surface area contributed by atoms with Crippen LogP contribution in [0.15, 0.2) is 48.7 Å². The van der Waals surface area contributed by atoms with E-state index in [1.54, 1.807) is 23.2 Å². The van der Waals surface area contributed by atoms with Crippen LogP contribution in [0.25, 0.3) is 5.69 Å². The van der Waals surface area contributed by atoms with Crippen molar-refractivity contribution in [1.29, 1.82) is 0 Å². The molecule has 29 heavy (non-hydrogen) atoms. The van der Waals surface area contributed by atoms with Gasteiger partial charge in [-0.3, -0.25) is 9.59 Å². The average Bonchev–Trinajstić information content (AvgIpc) is 3.21. The normalized spacial score (nSPS) is 20.0. The molecule has 7 heteroatoms. The minimum absolute atomic E-state index is 0.0145. The molecule has 3 heterocycles. The molecule has 0 fully saturated rings. The molecule has 2 amide bonds. The molecule has 0 saturated carbocycles. The fraction of sp³-hybridized carbons (Fsp3) is 0.227. The quantitative estimate of drug-likeness (QED) is 0.730. The smallest absolute Gasteiger partial charge is 0.242 e. The summed E-state index contributed by atoms with van der Waals surface area (Å²) in [7, 11) is 0. The Labute approximate surface area is 166 Å². The van der Waals surface area contributed by atoms with E-state index in [1.807, 2.05) is 32.0 Å². The van der Waals surface area contributed by atoms with Crippen molar-refractivity contribution in [1.82, 2.24) is 9.78 Å². The third kappa shape index (κ3) is 2.30. The number of nitrogens with one attached hydrogen (secondary N) is 1. The molecule has 2 aromatic carbocycles. The molecule has 6 nitrogen and oxygen atoms in total. The average molecular weight is 390 g/mol. The molecule has 146 valence electrons. The van der Waals surface area contributed by atoms with Crippen molar-refractivity contribution in [2.24, 2.45) is 0 Å². The third-order valence-corrected chi connectivity index (χ3v) is 5.79. The van der Waals surface area contributed by atoms with Crippen LogP contribution in [0.4, 0.5) is 15.9 Å². The number of nitrogens with zero attached hydrogens (tertiary/aromatic N) is 3. The Bertz CT molecular complexity index is 1190. The van der Waals surface area contributed by atoms with E-state index in [4.69, 9.17) is 0 Å². The first-order chi connectivity index (χ1) is 14.0. The van der Waals surface area contributed by atoms with E-state index in [0.717, 1.165) is 16.8 Å². The predicted molar refractivity (Wildman–Crippen MR) is 107 cm³/mol. The van der Waals surface area contributed by atoms with E-state index in [-0.39, 0.29) is 18.2 Å². The number of hydrogen-bond donors (Lipinski definition) is 1. The highest BCUT2D eigenvalue weighted by molar-refractivity contribution is 6.15. The Balaban J connectivity index is 1.79. The van der Waals surface area contributed by atoms with Gasteiger partial charge >= 0.3 is 0 Å². The molecule has 3 aromatic rings. The Hall–Kier alpha value is -3.48. The lowest BCUT2D eigenvalue weighted by Crippen LogP contribution is -2.46. The number of aromatic nitrogens is 2. The van der Waals surface area contributed by atoms with Crippen LogP contribution < -0.4 is 10.2 Å². The number of rotatable bonds is 2. The minimum Gasteiger partial charge on any atom is -0.311 e. The van der Waals surface area contributed by atoms with Crippen molar-refractivity contribution < 1.29 is 14.0 Å². The highest BCUT2D eigenvalue weighted by Crippen LogP contribution is 2.52. The Morgan fingerprint density at radius 1 is 1.17 bits per heavy atom. The number of anilines is 2. The minimum atomic E-state index is -1.12. The molecule has 1 spiro atoms. The van der Waals surface area contributed by atoms with Gasteiger partial charge in [0, 0.05) is 24.2 Å². The molecule has 0 radical (unpaired) electrons. The molecule has 0 bridgehead atoms. The van der Waals surface area contributed by atoms with Gasteiger partial charge < -0.3 is 10.2 Å². The number of fused-ring (bicyclic) bond motifs is 4. The summed E-state index contributed by atoms with van der Waals surface area (Å²) in [5.74, 6) is -0.394. The monoisotopic (exact) mass is 390 g/mol. The molecule has 1 atom stereocenters. The second kappa shape index (κ2) is 6.01. The first-order valence-electron chi connectivity index (χ1n) is 9.53. The SMILES string of the molecule is CCN1C(=O)C2(CC(=O)Nc3c2cnn3-c2cccc(F)c2)c2cc(C)ccc21. The number of likely N-dealkylation sites (N-methyl/N-ethyl adjacent to an activating group) is 1. The molecule has 0 aliphatic carbocycles. The Morgan fingerprint density at radius 2 is 2.00 bits per heavy atom. The van der Waals surface area contributed by atoms with Crippen LogP contribution in [0.1, 0.15) is 30.0 Å². The lowest BCUT2D eigenvalue weighted by atomic mass is 9.71. The van der Waals surface area contributed by atoms with Gasteiger partial charge in [-0.2, -0.15) is 5.10 Å². The zero-order valence-electron chi connectivity index (χ0n) is 16.1. The summed E-state index contributed by atoms with van der Waals surface area (Å²) in [6.45, 7) is 4.39. The van der Waals surface area contributed by atoms with Gasteiger partial charge in [0.2, 0.25) is 11.8 Å². The van der Waals surface area contributed by atoms with Crippen LogP contribution in [0.5, 0.6) is 0 Å². The summed E-state index contributed by atoms with van der Waals surface area (Å²) < 4.78 is 15.3. The molecular weight excluding hydrogens is 371 g/mol. The predicted octanol–water partition coefficient (Wildman–Crippen LogP) is 3.31. The first kappa shape index (κ1) is 17.6. The van der Waals surface area contributed by atoms with E-state index in [0.29, 0.717) is 23.6 Å². The van der Waals surface area contributed by atoms with Gasteiger partial charge in [0.1, 0.15) is 17.1 Å². The van der Waals surface area contributed by atoms with Crippen molar-refractivity contribution >= 4 is 23.3 Å². The van der Waals surface area contributed by atoms with E-state index in [9.17, 15) is 14.0 Å². The Morgan fingerprint density at radius 3 is 2.76 bits per heavy atom. The fourth-order valence-electron chi connectivity index (χ4n) is 4.52. The van der Waals surface area contributed by atoms with Crippen molar-refractivity contribution in [2.75, 3.05) is 16.8 Å². The largest absolute Gasteiger partial charge is 0.311 e. The van der Waals surface area contributed by atoms with Crippen LogP contribution in [0.3, 0.4) is 0 Å². The summed E-state index contributed by atoms with van der Waals surface area (Å²) in [5, 5.41) is 7.25. The maximum atomic E-state index is 13.8. The van der Waals surface area contributed by atoms with Gasteiger partial charge in [0.15, 0.2) is 0 Å². The number of amides is 2. The summed E-state index contributed by atoms with van der Waals surface area (Å²) in [5.41, 5.74) is 2.64. The zero-order chi connectivity index (χ0) is 20.3. The van der Waals surface area contributed by atoms with Crippen molar-refractivity contribution in [3.63, 3.8) is 0 Å². The third-order valence-electron chi connectivity index (χ3n) is 5.79. The summed E-state index contributed by atoms with van der Waals surface area (Å²) in [6, 6.07) is 11.8. The molecule has 2 aliphatic rings. The highest BCUT2D eigenvalue weighted by Gasteiger charge is 2.56. The molecule has 1 unspecified atom stereocenters. The van der Waals surface area contributed by atoms with Gasteiger partial charge in [-0.05, 0) is 43.7 Å². The lowest BCUT2D eigenvalue weighted by Gasteiger charge is -2.32. The molecule has 5 rings (SSSR count). The maximum absolute atomic E-state index is 13.8. The maximum Gasteiger partial charge on any atom is 0.242 e. The highest BCUT2D eigenvalue weighted by atomic mass is 19.1. The number of aryl methyl sites for hydroxylation is 1. The van der Waals surface area contributed by atoms with E-state index in [2.05, 4.69) is 10.4 Å². The van der Waals surface area contributed by atoms with Crippen LogP contribution in [-0.2, 0) is 15.0 Å². The fourth-order valence-corrected chi connectivity index (χ4v) is 4.52. The molecule has 1 aromatic heterocycles. The van der Waals surface area contributed by atoms with Crippen molar-refractivity contribution in [3.05, 3.63) is 71.2 Å². The van der Waals surface area contributed by atoms with Crippen LogP contribution >= 0.6 is 0 Å². The van der Waals surface area contributed by atoms with Crippen molar-refractivity contribution in [3.8, 4) is 5.69 Å². The number of halogens is 1. The number of carbonyl (C=O) groups excluding carboxylic acids is 2. The van der Waals surface area contributed by atoms with E-state index >= 15 is 0 Å². The van der Waals surface area contributed by atoms with Gasteiger partial charge in [-0.1, -0.05) is 23.8 Å². The standard InChI is InChI=1S/C22H19FN4O2/c1-3-26-18-8-7-13(2)9-16(18)22(21(26)29)11-19(28)25-20-17(22)12-24-27(20)15-6-4-5-14(23)10-15/h4-10,12H,3,11H2,1-2H3,(H,25,28). The van der Waals surface area contributed by atoms with Gasteiger partial charge in [0.05, 0.1) is 11.9 Å². The topological polar surface area (TPSA) is 67.2 Å². The summed E-state index contributed by atoms with van der Waals surface area (Å²) in [6.07, 6.45) is 1.63. The molecule has 2 aliphatic heterocycles. The first-order valence-corrected chi connectivity index (χ1v) is 9.53. The summed E-state index contributed by atoms with van der Waals surface area (Å²) >= 11 is 0. The number of hydrogen-bond acceptors (Lipinski definition) is 3. The summed E-state index contributed by atoms with van der Waals surface area (Å²) in [4.78, 5) is 28.1. The second-order valence-electron chi connectivity index (χ2n) is 7.50. The number of carbonyl (C=O) groups is 2. The van der Waals surface area contributed by atoms with Crippen molar-refractivity contribution in [2.45, 2.75) is 25.7 Å². The van der Waals surface area contributed by atoms with E-state index < -0.39 is 11.2 Å². The van der Waals surface area contributed by atoms with Gasteiger partial charge in [-0.25, -0.2) is 9.07 Å². The van der Waals surface area contributed by atoms with Gasteiger partial charge in [-0.15, -0.1) is 0 Å². The second-order valence-corrected chi connectivity index (χ2v) is 7.50. The zero-order valence-corrected chi connectivity index (χ0v) is 16.1. The van der Waals surface area contributed by atoms with E-state index in [1.165, 1.54) is 16.8 Å². The lowest BCUT2D eigenvalue weighted by molar-refractivity contribution is -0.126. The van der Waals surface area contributed by atoms with Crippen LogP contribution in [0.2, 0.25) is 0 Å². The molecule has 0 saturated heterocycles. The van der Waals surface area contributed by atoms with Crippen LogP contribution in [0, 0.1) is 12.7 Å².